The van der Waals surface area contributed by atoms with Gasteiger partial charge in [0.15, 0.2) is 0 Å². The van der Waals surface area contributed by atoms with Crippen molar-refractivity contribution in [2.24, 2.45) is 5.41 Å². The Labute approximate surface area is 228 Å². The van der Waals surface area contributed by atoms with E-state index >= 15 is 0 Å². The number of amides is 1. The molecule has 1 aromatic carbocycles. The topological polar surface area (TPSA) is 69.7 Å². The van der Waals surface area contributed by atoms with Crippen LogP contribution in [0.25, 0.3) is 0 Å². The molecule has 0 saturated carbocycles. The van der Waals surface area contributed by atoms with Crippen LogP contribution >= 0.6 is 0 Å². The van der Waals surface area contributed by atoms with E-state index in [1.807, 2.05) is 37.8 Å². The second-order valence-electron chi connectivity index (χ2n) is 11.2. The van der Waals surface area contributed by atoms with Gasteiger partial charge in [0.25, 0.3) is 0 Å². The number of likely N-dealkylation sites (tertiary alicyclic amines) is 1. The number of piperidine rings is 1. The summed E-state index contributed by atoms with van der Waals surface area (Å²) in [5.74, 6) is 3.30. The zero-order valence-corrected chi connectivity index (χ0v) is 23.5. The van der Waals surface area contributed by atoms with Crippen LogP contribution in [0, 0.1) is 17.8 Å². The first kappa shape index (κ1) is 30.1. The molecule has 8 heteroatoms. The molecule has 2 aliphatic heterocycles. The Morgan fingerprint density at radius 3 is 2.26 bits per heavy atom. The van der Waals surface area contributed by atoms with Gasteiger partial charge >= 0.3 is 6.09 Å². The zero-order chi connectivity index (χ0) is 27.3. The molecule has 1 aromatic rings. The molecule has 0 unspecified atom stereocenters. The summed E-state index contributed by atoms with van der Waals surface area (Å²) in [4.78, 5) is 16.6. The normalized spacial score (nSPS) is 16.7. The zero-order valence-electron chi connectivity index (χ0n) is 23.5. The fourth-order valence-electron chi connectivity index (χ4n) is 4.92. The second kappa shape index (κ2) is 15.2. The van der Waals surface area contributed by atoms with Crippen molar-refractivity contribution in [1.82, 2.24) is 4.90 Å². The Morgan fingerprint density at radius 1 is 0.921 bits per heavy atom. The van der Waals surface area contributed by atoms with Gasteiger partial charge in [-0.15, -0.1) is 6.42 Å². The molecule has 212 valence electrons. The quantitative estimate of drug-likeness (QED) is 0.239. The number of unbranched alkanes of at least 4 members (excludes halogenated alkanes) is 2. The van der Waals surface area contributed by atoms with Gasteiger partial charge in [-0.05, 0) is 77.1 Å². The van der Waals surface area contributed by atoms with E-state index in [2.05, 4.69) is 23.0 Å². The monoisotopic (exact) mass is 530 g/mol. The van der Waals surface area contributed by atoms with Crippen molar-refractivity contribution in [1.29, 1.82) is 0 Å². The number of ether oxygens (including phenoxy) is 5. The Hall–Kier alpha value is -2.47. The van der Waals surface area contributed by atoms with E-state index < -0.39 is 5.60 Å². The number of carbonyl (C=O) groups excluding carboxylic acids is 1. The number of terminal acetylenes is 1. The van der Waals surface area contributed by atoms with Crippen LogP contribution in [0.2, 0.25) is 0 Å². The van der Waals surface area contributed by atoms with Crippen LogP contribution in [0.5, 0.6) is 5.75 Å². The summed E-state index contributed by atoms with van der Waals surface area (Å²) in [5, 5.41) is 0. The van der Waals surface area contributed by atoms with Gasteiger partial charge in [-0.2, -0.15) is 0 Å². The molecule has 2 saturated heterocycles. The first-order chi connectivity index (χ1) is 18.3. The van der Waals surface area contributed by atoms with Crippen LogP contribution in [0.15, 0.2) is 24.3 Å². The highest BCUT2D eigenvalue weighted by atomic mass is 16.6. The molecular formula is C30H46N2O6. The molecule has 0 N–H and O–H groups in total. The lowest BCUT2D eigenvalue weighted by Gasteiger charge is -2.54. The molecule has 38 heavy (non-hydrogen) atoms. The Balaban J connectivity index is 1.24. The van der Waals surface area contributed by atoms with Gasteiger partial charge in [0.2, 0.25) is 0 Å². The van der Waals surface area contributed by atoms with Crippen LogP contribution in [0.1, 0.15) is 52.9 Å². The molecule has 1 spiro atoms. The number of rotatable bonds is 15. The predicted molar refractivity (Wildman–Crippen MR) is 149 cm³/mol. The summed E-state index contributed by atoms with van der Waals surface area (Å²) in [5.41, 5.74) is 0.908. The van der Waals surface area contributed by atoms with Crippen LogP contribution in [-0.2, 0) is 18.9 Å². The number of anilines is 1. The maximum Gasteiger partial charge on any atom is 0.410 e. The minimum atomic E-state index is -0.456. The third kappa shape index (κ3) is 10.4. The summed E-state index contributed by atoms with van der Waals surface area (Å²) in [7, 11) is 0. The van der Waals surface area contributed by atoms with E-state index in [1.54, 1.807) is 0 Å². The largest absolute Gasteiger partial charge is 0.491 e. The summed E-state index contributed by atoms with van der Waals surface area (Å²) in [6.45, 7) is 13.3. The number of hydrogen-bond acceptors (Lipinski definition) is 7. The minimum absolute atomic E-state index is 0.169. The first-order valence-corrected chi connectivity index (χ1v) is 13.9. The Bertz CT molecular complexity index is 870. The smallest absolute Gasteiger partial charge is 0.410 e. The highest BCUT2D eigenvalue weighted by Gasteiger charge is 2.48. The van der Waals surface area contributed by atoms with Crippen LogP contribution in [-0.4, -0.2) is 89.0 Å². The fourth-order valence-corrected chi connectivity index (χ4v) is 4.92. The van der Waals surface area contributed by atoms with Gasteiger partial charge in [0.1, 0.15) is 24.6 Å². The first-order valence-electron chi connectivity index (χ1n) is 13.9. The van der Waals surface area contributed by atoms with E-state index in [0.717, 1.165) is 70.6 Å². The lowest BCUT2D eigenvalue weighted by atomic mass is 9.73. The maximum absolute atomic E-state index is 12.4. The summed E-state index contributed by atoms with van der Waals surface area (Å²) < 4.78 is 27.8. The van der Waals surface area contributed by atoms with Gasteiger partial charge in [-0.1, -0.05) is 5.92 Å². The molecule has 0 radical (unpaired) electrons. The average Bonchev–Trinajstić information content (AvgIpc) is 2.87. The lowest BCUT2D eigenvalue weighted by Crippen LogP contribution is -2.64. The maximum atomic E-state index is 12.4. The standard InChI is InChI=1S/C30H46N2O6/c1-5-16-34-17-7-6-8-18-35-19-20-36-21-22-37-27-12-10-26(11-13-27)31-15-9-14-30(23-31)24-32(25-30)28(33)38-29(2,3)4/h1,10-13H,6-9,14-25H2,2-4H3. The summed E-state index contributed by atoms with van der Waals surface area (Å²) >= 11 is 0. The van der Waals surface area contributed by atoms with E-state index in [0.29, 0.717) is 39.6 Å². The van der Waals surface area contributed by atoms with Gasteiger partial charge in [0.05, 0.1) is 19.8 Å². The molecule has 2 fully saturated rings. The molecule has 3 rings (SSSR count). The highest BCUT2D eigenvalue weighted by Crippen LogP contribution is 2.41. The minimum Gasteiger partial charge on any atom is -0.491 e. The molecule has 2 aliphatic rings. The number of carbonyl (C=O) groups is 1. The Morgan fingerprint density at radius 2 is 1.58 bits per heavy atom. The van der Waals surface area contributed by atoms with Gasteiger partial charge in [-0.3, -0.25) is 0 Å². The number of nitrogens with zero attached hydrogens (tertiary/aromatic N) is 2. The van der Waals surface area contributed by atoms with Crippen molar-refractivity contribution >= 4 is 11.8 Å². The predicted octanol–water partition coefficient (Wildman–Crippen LogP) is 4.76. The summed E-state index contributed by atoms with van der Waals surface area (Å²) in [6, 6.07) is 8.28. The third-order valence-corrected chi connectivity index (χ3v) is 6.70. The second-order valence-corrected chi connectivity index (χ2v) is 11.2. The van der Waals surface area contributed by atoms with Crippen LogP contribution in [0.4, 0.5) is 10.5 Å². The highest BCUT2D eigenvalue weighted by molar-refractivity contribution is 5.69. The number of benzene rings is 1. The van der Waals surface area contributed by atoms with Crippen molar-refractivity contribution < 1.29 is 28.5 Å². The molecule has 0 bridgehead atoms. The van der Waals surface area contributed by atoms with Crippen molar-refractivity contribution in [3.63, 3.8) is 0 Å². The molecular weight excluding hydrogens is 484 g/mol. The third-order valence-electron chi connectivity index (χ3n) is 6.70. The van der Waals surface area contributed by atoms with E-state index in [4.69, 9.17) is 30.1 Å². The van der Waals surface area contributed by atoms with Crippen LogP contribution in [0.3, 0.4) is 0 Å². The molecule has 0 aliphatic carbocycles. The molecule has 1 amide bonds. The Kier molecular flexibility index (Phi) is 12.0. The molecule has 2 heterocycles. The van der Waals surface area contributed by atoms with Gasteiger partial charge < -0.3 is 33.5 Å². The molecule has 8 nitrogen and oxygen atoms in total. The SMILES string of the molecule is C#CCOCCCCCOCCOCCOc1ccc(N2CCCC3(CN(C(=O)OC(C)(C)C)C3)C2)cc1. The summed E-state index contributed by atoms with van der Waals surface area (Å²) in [6.07, 6.45) is 10.3. The van der Waals surface area contributed by atoms with Crippen LogP contribution < -0.4 is 9.64 Å². The van der Waals surface area contributed by atoms with Crippen molar-refractivity contribution in [2.45, 2.75) is 58.5 Å². The van der Waals surface area contributed by atoms with Crippen molar-refractivity contribution in [3.8, 4) is 18.1 Å². The van der Waals surface area contributed by atoms with E-state index in [-0.39, 0.29) is 11.5 Å². The molecule has 0 aromatic heterocycles. The fraction of sp³-hybridized carbons (Fsp3) is 0.700. The average molecular weight is 531 g/mol. The van der Waals surface area contributed by atoms with Gasteiger partial charge in [-0.25, -0.2) is 4.79 Å². The van der Waals surface area contributed by atoms with Crippen molar-refractivity contribution in [2.75, 3.05) is 77.3 Å². The van der Waals surface area contributed by atoms with Crippen molar-refractivity contribution in [3.05, 3.63) is 24.3 Å². The van der Waals surface area contributed by atoms with Gasteiger partial charge in [0, 0.05) is 50.5 Å². The lowest BCUT2D eigenvalue weighted by molar-refractivity contribution is -0.0390. The van der Waals surface area contributed by atoms with E-state index in [9.17, 15) is 4.79 Å². The molecule has 0 atom stereocenters. The number of hydrogen-bond donors (Lipinski definition) is 0. The van der Waals surface area contributed by atoms with E-state index in [1.165, 1.54) is 5.69 Å².